The molecule has 0 aromatic carbocycles. The summed E-state index contributed by atoms with van der Waals surface area (Å²) in [6, 6.07) is 5.84. The first-order chi connectivity index (χ1) is 11.8. The molecule has 5 nitrogen and oxygen atoms in total. The third kappa shape index (κ3) is 2.86. The molecule has 3 rings (SSSR count). The van der Waals surface area contributed by atoms with Crippen LogP contribution in [0.3, 0.4) is 0 Å². The van der Waals surface area contributed by atoms with E-state index in [0.29, 0.717) is 5.56 Å². The quantitative estimate of drug-likeness (QED) is 0.703. The summed E-state index contributed by atoms with van der Waals surface area (Å²) in [5.74, 6) is 1.78. The summed E-state index contributed by atoms with van der Waals surface area (Å²) < 4.78 is 0. The highest BCUT2D eigenvalue weighted by molar-refractivity contribution is 5.98. The van der Waals surface area contributed by atoms with Crippen LogP contribution in [0.5, 0.6) is 0 Å². The minimum atomic E-state index is 0.687. The SMILES string of the molecule is CCCCN1c2ncccc2N(CCCC)c2c(C=O)ccnc21. The van der Waals surface area contributed by atoms with Crippen LogP contribution in [0.2, 0.25) is 0 Å². The van der Waals surface area contributed by atoms with E-state index in [2.05, 4.69) is 39.7 Å². The molecule has 0 radical (unpaired) electrons. The monoisotopic (exact) mass is 324 g/mol. The molecule has 0 atom stereocenters. The molecule has 0 bridgehead atoms. The molecular formula is C19H24N4O. The fraction of sp³-hybridized carbons (Fsp3) is 0.421. The third-order valence-corrected chi connectivity index (χ3v) is 4.37. The molecule has 0 unspecified atom stereocenters. The number of aromatic nitrogens is 2. The summed E-state index contributed by atoms with van der Waals surface area (Å²) in [7, 11) is 0. The van der Waals surface area contributed by atoms with Gasteiger partial charge in [-0.1, -0.05) is 26.7 Å². The standard InChI is InChI=1S/C19H24N4O/c1-3-5-12-22-16-8-7-10-20-18(16)23(13-6-4-2)19-17(22)15(14-24)9-11-21-19/h7-11,14H,3-6,12-13H2,1-2H3. The Labute approximate surface area is 143 Å². The van der Waals surface area contributed by atoms with Crippen LogP contribution in [0, 0.1) is 0 Å². The van der Waals surface area contributed by atoms with Crippen LogP contribution in [-0.4, -0.2) is 29.3 Å². The Kier molecular flexibility index (Phi) is 5.08. The third-order valence-electron chi connectivity index (χ3n) is 4.37. The van der Waals surface area contributed by atoms with Gasteiger partial charge in [-0.2, -0.15) is 0 Å². The van der Waals surface area contributed by atoms with Crippen LogP contribution in [0.1, 0.15) is 49.9 Å². The summed E-state index contributed by atoms with van der Waals surface area (Å²) in [6.45, 7) is 6.06. The van der Waals surface area contributed by atoms with Crippen molar-refractivity contribution in [2.45, 2.75) is 39.5 Å². The van der Waals surface area contributed by atoms with Gasteiger partial charge >= 0.3 is 0 Å². The van der Waals surface area contributed by atoms with Gasteiger partial charge < -0.3 is 9.80 Å². The topological polar surface area (TPSA) is 49.3 Å². The second kappa shape index (κ2) is 7.43. The second-order valence-electron chi connectivity index (χ2n) is 6.05. The van der Waals surface area contributed by atoms with Crippen molar-refractivity contribution >= 4 is 29.3 Å². The normalized spacial score (nSPS) is 12.8. The molecule has 5 heteroatoms. The predicted molar refractivity (Wildman–Crippen MR) is 97.7 cm³/mol. The van der Waals surface area contributed by atoms with Crippen LogP contribution in [0.4, 0.5) is 23.0 Å². The van der Waals surface area contributed by atoms with Crippen molar-refractivity contribution in [3.63, 3.8) is 0 Å². The van der Waals surface area contributed by atoms with E-state index in [4.69, 9.17) is 0 Å². The summed E-state index contributed by atoms with van der Waals surface area (Å²) in [4.78, 5) is 25.2. The highest BCUT2D eigenvalue weighted by Gasteiger charge is 2.31. The van der Waals surface area contributed by atoms with Gasteiger partial charge in [-0.3, -0.25) is 4.79 Å². The number of pyridine rings is 2. The Morgan fingerprint density at radius 3 is 2.38 bits per heavy atom. The Hall–Kier alpha value is -2.43. The number of anilines is 4. The number of hydrogen-bond donors (Lipinski definition) is 0. The lowest BCUT2D eigenvalue weighted by atomic mass is 10.1. The number of nitrogens with zero attached hydrogens (tertiary/aromatic N) is 4. The van der Waals surface area contributed by atoms with E-state index in [0.717, 1.165) is 68.1 Å². The van der Waals surface area contributed by atoms with Gasteiger partial charge in [0.1, 0.15) is 0 Å². The van der Waals surface area contributed by atoms with Gasteiger partial charge in [-0.15, -0.1) is 0 Å². The van der Waals surface area contributed by atoms with E-state index < -0.39 is 0 Å². The zero-order valence-corrected chi connectivity index (χ0v) is 14.4. The van der Waals surface area contributed by atoms with Gasteiger partial charge in [-0.25, -0.2) is 9.97 Å². The van der Waals surface area contributed by atoms with E-state index in [9.17, 15) is 4.79 Å². The van der Waals surface area contributed by atoms with Gasteiger partial charge in [0.25, 0.3) is 0 Å². The average Bonchev–Trinajstić information content (AvgIpc) is 2.64. The Balaban J connectivity index is 2.16. The number of carbonyl (C=O) groups is 1. The van der Waals surface area contributed by atoms with Crippen LogP contribution in [-0.2, 0) is 0 Å². The largest absolute Gasteiger partial charge is 0.335 e. The number of unbranched alkanes of at least 4 members (excludes halogenated alkanes) is 2. The van der Waals surface area contributed by atoms with Crippen LogP contribution < -0.4 is 9.80 Å². The number of hydrogen-bond acceptors (Lipinski definition) is 5. The van der Waals surface area contributed by atoms with E-state index in [-0.39, 0.29) is 0 Å². The Morgan fingerprint density at radius 1 is 0.958 bits per heavy atom. The average molecular weight is 324 g/mol. The first kappa shape index (κ1) is 16.4. The molecule has 24 heavy (non-hydrogen) atoms. The number of fused-ring (bicyclic) bond motifs is 2. The van der Waals surface area contributed by atoms with E-state index in [1.165, 1.54) is 0 Å². The predicted octanol–water partition coefficient (Wildman–Crippen LogP) is 4.48. The Bertz CT molecular complexity index is 716. The van der Waals surface area contributed by atoms with E-state index in [1.807, 2.05) is 12.3 Å². The molecule has 2 aromatic heterocycles. The molecule has 1 aliphatic rings. The van der Waals surface area contributed by atoms with Crippen LogP contribution in [0.15, 0.2) is 30.6 Å². The molecule has 3 heterocycles. The molecule has 0 fully saturated rings. The minimum Gasteiger partial charge on any atom is -0.335 e. The molecule has 126 valence electrons. The lowest BCUT2D eigenvalue weighted by molar-refractivity contribution is 0.112. The van der Waals surface area contributed by atoms with Gasteiger partial charge in [0.2, 0.25) is 0 Å². The highest BCUT2D eigenvalue weighted by atomic mass is 16.1. The van der Waals surface area contributed by atoms with Gasteiger partial charge in [-0.05, 0) is 31.0 Å². The summed E-state index contributed by atoms with van der Waals surface area (Å²) >= 11 is 0. The number of rotatable bonds is 7. The highest BCUT2D eigenvalue weighted by Crippen LogP contribution is 2.46. The van der Waals surface area contributed by atoms with Crippen LogP contribution in [0.25, 0.3) is 0 Å². The molecule has 0 N–H and O–H groups in total. The molecule has 0 amide bonds. The molecular weight excluding hydrogens is 300 g/mol. The van der Waals surface area contributed by atoms with Gasteiger partial charge in [0, 0.05) is 31.0 Å². The van der Waals surface area contributed by atoms with Gasteiger partial charge in [0.15, 0.2) is 17.9 Å². The maximum atomic E-state index is 11.6. The van der Waals surface area contributed by atoms with Crippen molar-refractivity contribution in [3.05, 3.63) is 36.2 Å². The molecule has 0 saturated carbocycles. The van der Waals surface area contributed by atoms with Crippen molar-refractivity contribution < 1.29 is 4.79 Å². The van der Waals surface area contributed by atoms with Gasteiger partial charge in [0.05, 0.1) is 11.4 Å². The fourth-order valence-electron chi connectivity index (χ4n) is 3.13. The smallest absolute Gasteiger partial charge is 0.158 e. The molecule has 2 aromatic rings. The first-order valence-electron chi connectivity index (χ1n) is 8.76. The van der Waals surface area contributed by atoms with Crippen molar-refractivity contribution in [3.8, 4) is 0 Å². The summed E-state index contributed by atoms with van der Waals surface area (Å²) in [5, 5.41) is 0. The molecule has 0 aliphatic carbocycles. The second-order valence-corrected chi connectivity index (χ2v) is 6.05. The zero-order chi connectivity index (χ0) is 16.9. The maximum absolute atomic E-state index is 11.6. The lowest BCUT2D eigenvalue weighted by Crippen LogP contribution is -2.33. The van der Waals surface area contributed by atoms with Crippen LogP contribution >= 0.6 is 0 Å². The zero-order valence-electron chi connectivity index (χ0n) is 14.4. The summed E-state index contributed by atoms with van der Waals surface area (Å²) in [6.07, 6.45) is 8.77. The minimum absolute atomic E-state index is 0.687. The number of carbonyl (C=O) groups excluding carboxylic acids is 1. The number of aldehydes is 1. The Morgan fingerprint density at radius 2 is 1.67 bits per heavy atom. The van der Waals surface area contributed by atoms with E-state index >= 15 is 0 Å². The molecule has 1 aliphatic heterocycles. The van der Waals surface area contributed by atoms with Crippen molar-refractivity contribution in [2.24, 2.45) is 0 Å². The molecule has 0 saturated heterocycles. The maximum Gasteiger partial charge on any atom is 0.158 e. The van der Waals surface area contributed by atoms with Crippen molar-refractivity contribution in [1.82, 2.24) is 9.97 Å². The van der Waals surface area contributed by atoms with E-state index in [1.54, 1.807) is 12.3 Å². The first-order valence-corrected chi connectivity index (χ1v) is 8.76. The van der Waals surface area contributed by atoms with Crippen molar-refractivity contribution in [2.75, 3.05) is 22.9 Å². The van der Waals surface area contributed by atoms with Crippen molar-refractivity contribution in [1.29, 1.82) is 0 Å². The fourth-order valence-corrected chi connectivity index (χ4v) is 3.13. The lowest BCUT2D eigenvalue weighted by Gasteiger charge is -2.39. The molecule has 0 spiro atoms. The summed E-state index contributed by atoms with van der Waals surface area (Å²) in [5.41, 5.74) is 2.66.